The van der Waals surface area contributed by atoms with Crippen molar-refractivity contribution in [3.05, 3.63) is 23.2 Å². The van der Waals surface area contributed by atoms with E-state index in [0.717, 1.165) is 19.5 Å². The van der Waals surface area contributed by atoms with Gasteiger partial charge in [0.05, 0.1) is 6.54 Å². The molecule has 1 unspecified atom stereocenters. The van der Waals surface area contributed by atoms with E-state index in [1.165, 1.54) is 0 Å². The molecule has 5 heteroatoms. The Labute approximate surface area is 100 Å². The first-order chi connectivity index (χ1) is 8.06. The summed E-state index contributed by atoms with van der Waals surface area (Å²) in [6.07, 6.45) is 1.13. The van der Waals surface area contributed by atoms with Gasteiger partial charge in [-0.25, -0.2) is 4.79 Å². The maximum atomic E-state index is 10.9. The fourth-order valence-electron chi connectivity index (χ4n) is 2.19. The number of carboxylic acids is 1. The zero-order valence-electron chi connectivity index (χ0n) is 10.2. The Hall–Kier alpha value is -1.33. The van der Waals surface area contributed by atoms with Crippen molar-refractivity contribution < 1.29 is 14.3 Å². The Morgan fingerprint density at radius 1 is 1.71 bits per heavy atom. The van der Waals surface area contributed by atoms with E-state index in [1.54, 1.807) is 13.0 Å². The molecule has 2 heterocycles. The molecule has 1 aromatic rings. The van der Waals surface area contributed by atoms with Crippen molar-refractivity contribution in [3.63, 3.8) is 0 Å². The predicted molar refractivity (Wildman–Crippen MR) is 63.1 cm³/mol. The molecular formula is C12H18N2O3. The monoisotopic (exact) mass is 238 g/mol. The van der Waals surface area contributed by atoms with E-state index < -0.39 is 5.97 Å². The van der Waals surface area contributed by atoms with E-state index >= 15 is 0 Å². The summed E-state index contributed by atoms with van der Waals surface area (Å²) in [5.41, 5.74) is 0.255. The highest BCUT2D eigenvalue weighted by molar-refractivity contribution is 5.88. The van der Waals surface area contributed by atoms with E-state index in [4.69, 9.17) is 9.52 Å². The summed E-state index contributed by atoms with van der Waals surface area (Å²) >= 11 is 0. The van der Waals surface area contributed by atoms with E-state index in [9.17, 15) is 4.79 Å². The summed E-state index contributed by atoms with van der Waals surface area (Å²) in [6, 6.07) is 2.07. The summed E-state index contributed by atoms with van der Waals surface area (Å²) in [7, 11) is 2.10. The van der Waals surface area contributed by atoms with Crippen LogP contribution in [0.4, 0.5) is 0 Å². The number of aromatic carboxylic acids is 1. The molecule has 1 aromatic heterocycles. The molecule has 0 spiro atoms. The van der Waals surface area contributed by atoms with Crippen LogP contribution >= 0.6 is 0 Å². The van der Waals surface area contributed by atoms with E-state index in [0.29, 0.717) is 24.1 Å². The average Bonchev–Trinajstić information content (AvgIpc) is 2.82. The van der Waals surface area contributed by atoms with Gasteiger partial charge >= 0.3 is 5.97 Å². The molecule has 0 radical (unpaired) electrons. The van der Waals surface area contributed by atoms with Gasteiger partial charge in [0.2, 0.25) is 0 Å². The number of hydrogen-bond acceptors (Lipinski definition) is 4. The Morgan fingerprint density at radius 3 is 3.00 bits per heavy atom. The second-order valence-electron chi connectivity index (χ2n) is 4.62. The molecular weight excluding hydrogens is 220 g/mol. The summed E-state index contributed by atoms with van der Waals surface area (Å²) in [5, 5.41) is 12.3. The molecule has 1 aliphatic heterocycles. The largest absolute Gasteiger partial charge is 0.478 e. The van der Waals surface area contributed by atoms with Gasteiger partial charge in [-0.3, -0.25) is 0 Å². The smallest absolute Gasteiger partial charge is 0.339 e. The van der Waals surface area contributed by atoms with Crippen LogP contribution in [-0.2, 0) is 6.54 Å². The van der Waals surface area contributed by atoms with Crippen LogP contribution in [0.25, 0.3) is 0 Å². The lowest BCUT2D eigenvalue weighted by atomic mass is 10.2. The molecule has 5 nitrogen and oxygen atoms in total. The molecule has 1 fully saturated rings. The highest BCUT2D eigenvalue weighted by Gasteiger charge is 2.20. The maximum absolute atomic E-state index is 10.9. The number of likely N-dealkylation sites (N-methyl/N-ethyl adjacent to an activating group) is 1. The zero-order valence-corrected chi connectivity index (χ0v) is 10.2. The van der Waals surface area contributed by atoms with Crippen molar-refractivity contribution in [2.24, 2.45) is 0 Å². The molecule has 94 valence electrons. The zero-order chi connectivity index (χ0) is 12.4. The minimum absolute atomic E-state index is 0.255. The second-order valence-corrected chi connectivity index (χ2v) is 4.62. The van der Waals surface area contributed by atoms with Gasteiger partial charge in [-0.15, -0.1) is 0 Å². The topological polar surface area (TPSA) is 65.7 Å². The molecule has 0 aromatic carbocycles. The molecule has 0 amide bonds. The predicted octanol–water partition coefficient (Wildman–Crippen LogP) is 1.08. The van der Waals surface area contributed by atoms with Gasteiger partial charge in [0.15, 0.2) is 0 Å². The van der Waals surface area contributed by atoms with Gasteiger partial charge in [0, 0.05) is 12.6 Å². The number of likely N-dealkylation sites (tertiary alicyclic amines) is 1. The fourth-order valence-corrected chi connectivity index (χ4v) is 2.19. The second kappa shape index (κ2) is 4.89. The average molecular weight is 238 g/mol. The molecule has 1 aliphatic rings. The van der Waals surface area contributed by atoms with Gasteiger partial charge in [0.25, 0.3) is 0 Å². The van der Waals surface area contributed by atoms with Crippen LogP contribution in [0, 0.1) is 6.92 Å². The number of carboxylic acid groups (broad SMARTS) is 1. The van der Waals surface area contributed by atoms with Gasteiger partial charge in [0.1, 0.15) is 17.1 Å². The van der Waals surface area contributed by atoms with Gasteiger partial charge in [-0.05, 0) is 33.0 Å². The number of nitrogens with zero attached hydrogens (tertiary/aromatic N) is 1. The summed E-state index contributed by atoms with van der Waals surface area (Å²) in [6.45, 7) is 4.41. The van der Waals surface area contributed by atoms with Crippen LogP contribution in [0.2, 0.25) is 0 Å². The third kappa shape index (κ3) is 2.87. The van der Waals surface area contributed by atoms with Crippen LogP contribution in [0.15, 0.2) is 10.5 Å². The normalized spacial score (nSPS) is 20.9. The van der Waals surface area contributed by atoms with Crippen molar-refractivity contribution in [1.29, 1.82) is 0 Å². The van der Waals surface area contributed by atoms with Crippen molar-refractivity contribution in [2.45, 2.75) is 25.9 Å². The molecule has 1 atom stereocenters. The lowest BCUT2D eigenvalue weighted by Crippen LogP contribution is -2.30. The summed E-state index contributed by atoms with van der Waals surface area (Å²) in [5.74, 6) is 0.227. The molecule has 0 bridgehead atoms. The van der Waals surface area contributed by atoms with Gasteiger partial charge in [-0.1, -0.05) is 0 Å². The number of carbonyl (C=O) groups is 1. The van der Waals surface area contributed by atoms with Gasteiger partial charge in [-0.2, -0.15) is 0 Å². The van der Waals surface area contributed by atoms with Crippen LogP contribution in [-0.4, -0.2) is 42.2 Å². The number of aryl methyl sites for hydroxylation is 1. The van der Waals surface area contributed by atoms with Crippen molar-refractivity contribution in [3.8, 4) is 0 Å². The van der Waals surface area contributed by atoms with E-state index in [-0.39, 0.29) is 5.56 Å². The number of rotatable bonds is 4. The minimum Gasteiger partial charge on any atom is -0.478 e. The van der Waals surface area contributed by atoms with Crippen LogP contribution in [0.1, 0.15) is 28.3 Å². The Morgan fingerprint density at radius 2 is 2.47 bits per heavy atom. The lowest BCUT2D eigenvalue weighted by Gasteiger charge is -2.11. The first-order valence-electron chi connectivity index (χ1n) is 5.81. The highest BCUT2D eigenvalue weighted by atomic mass is 16.4. The Bertz CT molecular complexity index is 414. The summed E-state index contributed by atoms with van der Waals surface area (Å²) in [4.78, 5) is 13.1. The summed E-state index contributed by atoms with van der Waals surface area (Å²) < 4.78 is 5.41. The first-order valence-corrected chi connectivity index (χ1v) is 5.81. The van der Waals surface area contributed by atoms with E-state index in [2.05, 4.69) is 17.3 Å². The molecule has 2 rings (SSSR count). The van der Waals surface area contributed by atoms with Crippen LogP contribution in [0.5, 0.6) is 0 Å². The molecule has 17 heavy (non-hydrogen) atoms. The molecule has 2 N–H and O–H groups in total. The van der Waals surface area contributed by atoms with E-state index in [1.807, 2.05) is 0 Å². The van der Waals surface area contributed by atoms with Crippen molar-refractivity contribution >= 4 is 5.97 Å². The third-order valence-corrected chi connectivity index (χ3v) is 3.16. The molecule has 1 saturated heterocycles. The number of furan rings is 1. The Kier molecular flexibility index (Phi) is 3.49. The van der Waals surface area contributed by atoms with Gasteiger partial charge < -0.3 is 19.7 Å². The lowest BCUT2D eigenvalue weighted by molar-refractivity contribution is 0.0695. The number of hydrogen-bond donors (Lipinski definition) is 2. The SMILES string of the molecule is Cc1oc(CNC2CCN(C)C2)cc1C(=O)O. The highest BCUT2D eigenvalue weighted by Crippen LogP contribution is 2.15. The Balaban J connectivity index is 1.91. The fraction of sp³-hybridized carbons (Fsp3) is 0.583. The third-order valence-electron chi connectivity index (χ3n) is 3.16. The minimum atomic E-state index is -0.932. The molecule has 0 saturated carbocycles. The van der Waals surface area contributed by atoms with Crippen molar-refractivity contribution in [2.75, 3.05) is 20.1 Å². The van der Waals surface area contributed by atoms with Crippen LogP contribution in [0.3, 0.4) is 0 Å². The maximum Gasteiger partial charge on any atom is 0.339 e. The van der Waals surface area contributed by atoms with Crippen LogP contribution < -0.4 is 5.32 Å². The quantitative estimate of drug-likeness (QED) is 0.821. The standard InChI is InChI=1S/C12H18N2O3/c1-8-11(12(15)16)5-10(17-8)6-13-9-3-4-14(2)7-9/h5,9,13H,3-4,6-7H2,1-2H3,(H,15,16). The molecule has 0 aliphatic carbocycles. The first kappa shape index (κ1) is 12.1. The number of nitrogens with one attached hydrogen (secondary N) is 1. The van der Waals surface area contributed by atoms with Crippen molar-refractivity contribution in [1.82, 2.24) is 10.2 Å².